The Bertz CT molecular complexity index is 592. The summed E-state index contributed by atoms with van der Waals surface area (Å²) in [5.74, 6) is -0.861. The minimum absolute atomic E-state index is 0.376. The summed E-state index contributed by atoms with van der Waals surface area (Å²) in [6.45, 7) is 3.48. The lowest BCUT2D eigenvalue weighted by atomic mass is 10.3. The minimum atomic E-state index is -0.861. The number of hydrogen-bond acceptors (Lipinski definition) is 5. The Labute approximate surface area is 114 Å². The van der Waals surface area contributed by atoms with Gasteiger partial charge in [0.15, 0.2) is 0 Å². The van der Waals surface area contributed by atoms with Gasteiger partial charge in [-0.3, -0.25) is 4.90 Å². The average Bonchev–Trinajstić information content (AvgIpc) is 2.96. The fraction of sp³-hybridized carbons (Fsp3) is 0.417. The van der Waals surface area contributed by atoms with Gasteiger partial charge in [0, 0.05) is 36.4 Å². The van der Waals surface area contributed by atoms with Crippen LogP contribution in [0.1, 0.15) is 27.3 Å². The maximum absolute atomic E-state index is 10.9. The number of nitrogens with zero attached hydrogens (tertiary/aromatic N) is 4. The second-order valence-electron chi connectivity index (χ2n) is 4.62. The first kappa shape index (κ1) is 12.3. The molecule has 0 radical (unpaired) electrons. The van der Waals surface area contributed by atoms with Crippen LogP contribution in [-0.4, -0.2) is 37.5 Å². The van der Waals surface area contributed by atoms with E-state index in [9.17, 15) is 4.79 Å². The molecule has 0 saturated heterocycles. The van der Waals surface area contributed by atoms with Crippen molar-refractivity contribution < 1.29 is 9.90 Å². The number of carbonyl (C=O) groups is 1. The number of carboxylic acids is 1. The molecule has 3 heterocycles. The van der Waals surface area contributed by atoms with Crippen LogP contribution in [0.4, 0.5) is 0 Å². The molecule has 2 aromatic heterocycles. The fourth-order valence-electron chi connectivity index (χ4n) is 2.27. The first-order valence-electron chi connectivity index (χ1n) is 6.13. The van der Waals surface area contributed by atoms with Crippen LogP contribution in [-0.2, 0) is 19.6 Å². The van der Waals surface area contributed by atoms with E-state index in [-0.39, 0.29) is 0 Å². The number of aromatic carboxylic acids is 1. The van der Waals surface area contributed by atoms with E-state index < -0.39 is 5.97 Å². The second-order valence-corrected chi connectivity index (χ2v) is 5.62. The van der Waals surface area contributed by atoms with E-state index in [1.807, 2.05) is 4.68 Å². The third kappa shape index (κ3) is 2.66. The molecule has 3 rings (SSSR count). The lowest BCUT2D eigenvalue weighted by molar-refractivity contribution is 0.0697. The molecule has 0 aliphatic carbocycles. The number of rotatable bonds is 3. The molecule has 0 aromatic carbocycles. The van der Waals surface area contributed by atoms with Gasteiger partial charge in [-0.15, -0.1) is 16.4 Å². The van der Waals surface area contributed by atoms with Crippen molar-refractivity contribution in [3.05, 3.63) is 33.8 Å². The highest BCUT2D eigenvalue weighted by Crippen LogP contribution is 2.19. The molecule has 0 spiro atoms. The zero-order valence-corrected chi connectivity index (χ0v) is 11.1. The molecule has 0 unspecified atom stereocenters. The molecule has 0 fully saturated rings. The largest absolute Gasteiger partial charge is 0.478 e. The van der Waals surface area contributed by atoms with Gasteiger partial charge in [-0.05, 0) is 12.5 Å². The van der Waals surface area contributed by atoms with E-state index >= 15 is 0 Å². The standard InChI is InChI=1S/C12H14N4O2S/c17-12(18)9-4-11(19-8-9)7-15-2-1-3-16-10(6-15)5-13-14-16/h4-5,8H,1-3,6-7H2,(H,17,18). The predicted octanol–water partition coefficient (Wildman–Crippen LogP) is 1.44. The second kappa shape index (κ2) is 5.10. The number of thiophene rings is 1. The van der Waals surface area contributed by atoms with E-state index in [0.717, 1.165) is 43.2 Å². The molecule has 0 atom stereocenters. The summed E-state index contributed by atoms with van der Waals surface area (Å²) in [6, 6.07) is 1.76. The van der Waals surface area contributed by atoms with Gasteiger partial charge in [0.25, 0.3) is 0 Å². The van der Waals surface area contributed by atoms with Crippen molar-refractivity contribution >= 4 is 17.3 Å². The van der Waals surface area contributed by atoms with Crippen LogP contribution in [0.3, 0.4) is 0 Å². The summed E-state index contributed by atoms with van der Waals surface area (Å²) in [6.07, 6.45) is 2.84. The molecule has 2 aromatic rings. The minimum Gasteiger partial charge on any atom is -0.478 e. The molecule has 6 nitrogen and oxygen atoms in total. The van der Waals surface area contributed by atoms with Gasteiger partial charge in [0.1, 0.15) is 0 Å². The topological polar surface area (TPSA) is 71.2 Å². The molecule has 100 valence electrons. The van der Waals surface area contributed by atoms with Gasteiger partial charge in [0.2, 0.25) is 0 Å². The van der Waals surface area contributed by atoms with Gasteiger partial charge in [0.05, 0.1) is 17.5 Å². The molecular formula is C12H14N4O2S. The SMILES string of the molecule is O=C(O)c1csc(CN2CCCn3nncc3C2)c1. The quantitative estimate of drug-likeness (QED) is 0.920. The van der Waals surface area contributed by atoms with Gasteiger partial charge < -0.3 is 5.11 Å². The van der Waals surface area contributed by atoms with Gasteiger partial charge >= 0.3 is 5.97 Å². The van der Waals surface area contributed by atoms with Gasteiger partial charge in [-0.1, -0.05) is 5.21 Å². The van der Waals surface area contributed by atoms with Gasteiger partial charge in [-0.2, -0.15) is 0 Å². The van der Waals surface area contributed by atoms with Crippen molar-refractivity contribution in [3.8, 4) is 0 Å². The van der Waals surface area contributed by atoms with E-state index in [0.29, 0.717) is 5.56 Å². The van der Waals surface area contributed by atoms with E-state index in [1.54, 1.807) is 17.6 Å². The number of aryl methyl sites for hydroxylation is 1. The highest BCUT2D eigenvalue weighted by molar-refractivity contribution is 7.10. The Hall–Kier alpha value is -1.73. The Balaban J connectivity index is 1.71. The van der Waals surface area contributed by atoms with Crippen molar-refractivity contribution in [1.82, 2.24) is 19.9 Å². The van der Waals surface area contributed by atoms with Gasteiger partial charge in [-0.25, -0.2) is 9.48 Å². The zero-order valence-electron chi connectivity index (χ0n) is 10.3. The highest BCUT2D eigenvalue weighted by atomic mass is 32.1. The first-order valence-corrected chi connectivity index (χ1v) is 7.01. The van der Waals surface area contributed by atoms with Crippen LogP contribution in [0.2, 0.25) is 0 Å². The third-order valence-electron chi connectivity index (χ3n) is 3.21. The van der Waals surface area contributed by atoms with Crippen molar-refractivity contribution in [3.63, 3.8) is 0 Å². The number of fused-ring (bicyclic) bond motifs is 1. The lowest BCUT2D eigenvalue weighted by Gasteiger charge is -2.17. The summed E-state index contributed by atoms with van der Waals surface area (Å²) >= 11 is 1.50. The van der Waals surface area contributed by atoms with Crippen LogP contribution in [0, 0.1) is 0 Å². The van der Waals surface area contributed by atoms with Crippen molar-refractivity contribution in [2.24, 2.45) is 0 Å². The monoisotopic (exact) mass is 278 g/mol. The van der Waals surface area contributed by atoms with Crippen LogP contribution in [0.25, 0.3) is 0 Å². The predicted molar refractivity (Wildman–Crippen MR) is 70.0 cm³/mol. The molecule has 0 bridgehead atoms. The van der Waals surface area contributed by atoms with Crippen LogP contribution < -0.4 is 0 Å². The Morgan fingerprint density at radius 1 is 1.47 bits per heavy atom. The molecule has 7 heteroatoms. The van der Waals surface area contributed by atoms with Crippen LogP contribution in [0.15, 0.2) is 17.6 Å². The number of aromatic nitrogens is 3. The summed E-state index contributed by atoms with van der Waals surface area (Å²) in [4.78, 5) is 14.3. The lowest BCUT2D eigenvalue weighted by Crippen LogP contribution is -2.22. The third-order valence-corrected chi connectivity index (χ3v) is 4.13. The van der Waals surface area contributed by atoms with E-state index in [4.69, 9.17) is 5.11 Å². The molecule has 0 amide bonds. The Morgan fingerprint density at radius 3 is 3.16 bits per heavy atom. The number of carboxylic acid groups (broad SMARTS) is 1. The Morgan fingerprint density at radius 2 is 2.37 bits per heavy atom. The summed E-state index contributed by atoms with van der Waals surface area (Å²) in [5.41, 5.74) is 1.49. The average molecular weight is 278 g/mol. The maximum Gasteiger partial charge on any atom is 0.336 e. The van der Waals surface area contributed by atoms with Crippen molar-refractivity contribution in [2.75, 3.05) is 6.54 Å². The number of hydrogen-bond donors (Lipinski definition) is 1. The van der Waals surface area contributed by atoms with Crippen LogP contribution >= 0.6 is 11.3 Å². The smallest absolute Gasteiger partial charge is 0.336 e. The summed E-state index contributed by atoms with van der Waals surface area (Å²) in [5, 5.41) is 18.6. The normalized spacial score (nSPS) is 16.0. The molecule has 19 heavy (non-hydrogen) atoms. The maximum atomic E-state index is 10.9. The van der Waals surface area contributed by atoms with Crippen LogP contribution in [0.5, 0.6) is 0 Å². The highest BCUT2D eigenvalue weighted by Gasteiger charge is 2.16. The summed E-state index contributed by atoms with van der Waals surface area (Å²) < 4.78 is 1.94. The molecule has 1 N–H and O–H groups in total. The molecule has 0 saturated carbocycles. The molecule has 1 aliphatic rings. The van der Waals surface area contributed by atoms with E-state index in [1.165, 1.54) is 11.3 Å². The molecular weight excluding hydrogens is 264 g/mol. The fourth-order valence-corrected chi connectivity index (χ4v) is 3.17. The van der Waals surface area contributed by atoms with Crippen molar-refractivity contribution in [1.29, 1.82) is 0 Å². The molecule has 1 aliphatic heterocycles. The first-order chi connectivity index (χ1) is 9.22. The van der Waals surface area contributed by atoms with Crippen molar-refractivity contribution in [2.45, 2.75) is 26.1 Å². The zero-order chi connectivity index (χ0) is 13.2. The summed E-state index contributed by atoms with van der Waals surface area (Å²) in [7, 11) is 0. The Kier molecular flexibility index (Phi) is 3.31. The van der Waals surface area contributed by atoms with E-state index in [2.05, 4.69) is 15.2 Å².